The summed E-state index contributed by atoms with van der Waals surface area (Å²) >= 11 is 0. The van der Waals surface area contributed by atoms with Crippen LogP contribution in [0.2, 0.25) is 0 Å². The Morgan fingerprint density at radius 2 is 0.222 bits per heavy atom. The molecule has 9 heteroatoms. The summed E-state index contributed by atoms with van der Waals surface area (Å²) in [5, 5.41) is 0. The van der Waals surface area contributed by atoms with E-state index in [1.807, 2.05) is 0 Å². The maximum absolute atomic E-state index is 0. The summed E-state index contributed by atoms with van der Waals surface area (Å²) in [5.74, 6) is 0. The van der Waals surface area contributed by atoms with Crippen molar-refractivity contribution in [2.75, 3.05) is 0 Å². The minimum Gasteiger partial charge on any atom is 0 e. The van der Waals surface area contributed by atoms with Crippen LogP contribution in [-0.2, 0) is 168 Å². The Balaban J connectivity index is 0. The van der Waals surface area contributed by atoms with Crippen molar-refractivity contribution in [2.24, 2.45) is 0 Å². The molecular formula is Ni7Zr2. The van der Waals surface area contributed by atoms with Crippen molar-refractivity contribution in [1.82, 2.24) is 0 Å². The minimum atomic E-state index is 0. The fourth-order valence-corrected chi connectivity index (χ4v) is 0. The molecule has 0 saturated heterocycles. The molecule has 0 atom stereocenters. The van der Waals surface area contributed by atoms with Gasteiger partial charge in [0.05, 0.1) is 0 Å². The first-order valence-electron chi connectivity index (χ1n) is 0. The quantitative estimate of drug-likeness (QED) is 0.347. The van der Waals surface area contributed by atoms with Crippen LogP contribution in [0.3, 0.4) is 0 Å². The average Bonchev–Trinajstić information content (AvgIpc) is 0. The molecule has 0 spiro atoms. The second-order valence-corrected chi connectivity index (χ2v) is 0. The first kappa shape index (κ1) is 91.2. The fourth-order valence-electron chi connectivity index (χ4n) is 0. The molecule has 0 aliphatic rings. The first-order valence-corrected chi connectivity index (χ1v) is 0. The van der Waals surface area contributed by atoms with Crippen molar-refractivity contribution in [3.63, 3.8) is 0 Å². The third-order valence-corrected chi connectivity index (χ3v) is 0. The van der Waals surface area contributed by atoms with Crippen LogP contribution in [0.15, 0.2) is 0 Å². The molecule has 0 aliphatic heterocycles. The van der Waals surface area contributed by atoms with Crippen molar-refractivity contribution in [3.05, 3.63) is 0 Å². The molecule has 0 aromatic heterocycles. The van der Waals surface area contributed by atoms with E-state index in [0.717, 1.165) is 0 Å². The predicted octanol–water partition coefficient (Wildman–Crippen LogP) is -0.0225. The van der Waals surface area contributed by atoms with Crippen LogP contribution in [0.1, 0.15) is 0 Å². The van der Waals surface area contributed by atoms with Gasteiger partial charge in [-0.1, -0.05) is 0 Å². The number of rotatable bonds is 0. The van der Waals surface area contributed by atoms with E-state index in [9.17, 15) is 0 Å². The topological polar surface area (TPSA) is 0 Å². The van der Waals surface area contributed by atoms with Crippen LogP contribution in [0.4, 0.5) is 0 Å². The second-order valence-electron chi connectivity index (χ2n) is 0. The van der Waals surface area contributed by atoms with E-state index in [1.54, 1.807) is 0 Å². The van der Waals surface area contributed by atoms with Crippen molar-refractivity contribution in [3.8, 4) is 0 Å². The van der Waals surface area contributed by atoms with Gasteiger partial charge in [-0.2, -0.15) is 0 Å². The van der Waals surface area contributed by atoms with Crippen LogP contribution >= 0.6 is 0 Å². The van der Waals surface area contributed by atoms with Gasteiger partial charge in [-0.3, -0.25) is 0 Å². The Labute approximate surface area is 164 Å². The molecule has 0 saturated carbocycles. The van der Waals surface area contributed by atoms with Crippen LogP contribution < -0.4 is 0 Å². The fraction of sp³-hybridized carbons (Fsp3) is 0. The number of hydrogen-bond donors (Lipinski definition) is 0. The molecule has 0 aliphatic carbocycles. The zero-order valence-corrected chi connectivity index (χ0v) is 15.0. The molecule has 0 N–H and O–H groups in total. The largest absolute Gasteiger partial charge is 0 e. The molecule has 0 heterocycles. The molecule has 0 bridgehead atoms. The van der Waals surface area contributed by atoms with Gasteiger partial charge in [-0.15, -0.1) is 0 Å². The minimum absolute atomic E-state index is 0. The molecule has 0 aromatic carbocycles. The van der Waals surface area contributed by atoms with Crippen molar-refractivity contribution >= 4 is 0 Å². The average molecular weight is 593 g/mol. The molecule has 9 heavy (non-hydrogen) atoms. The van der Waals surface area contributed by atoms with Gasteiger partial charge < -0.3 is 0 Å². The van der Waals surface area contributed by atoms with E-state index in [2.05, 4.69) is 0 Å². The maximum Gasteiger partial charge on any atom is 0 e. The van der Waals surface area contributed by atoms with Crippen molar-refractivity contribution in [2.45, 2.75) is 0 Å². The summed E-state index contributed by atoms with van der Waals surface area (Å²) in [5.41, 5.74) is 0. The molecule has 0 amide bonds. The normalized spacial score (nSPS) is 0. The molecule has 0 unspecified atom stereocenters. The van der Waals surface area contributed by atoms with Gasteiger partial charge in [0.25, 0.3) is 0 Å². The van der Waals surface area contributed by atoms with Crippen molar-refractivity contribution < 1.29 is 168 Å². The Kier molecular flexibility index (Phi) is 734. The van der Waals surface area contributed by atoms with E-state index >= 15 is 0 Å². The summed E-state index contributed by atoms with van der Waals surface area (Å²) in [4.78, 5) is 0. The van der Waals surface area contributed by atoms with Gasteiger partial charge in [0.1, 0.15) is 0 Å². The Morgan fingerprint density at radius 1 is 0.222 bits per heavy atom. The van der Waals surface area contributed by atoms with E-state index in [0.29, 0.717) is 0 Å². The van der Waals surface area contributed by atoms with E-state index in [-0.39, 0.29) is 168 Å². The zero-order chi connectivity index (χ0) is 0. The molecule has 0 radical (unpaired) electrons. The maximum atomic E-state index is 0. The smallest absolute Gasteiger partial charge is 0 e. The van der Waals surface area contributed by atoms with Crippen LogP contribution in [0, 0.1) is 0 Å². The third-order valence-electron chi connectivity index (χ3n) is 0. The summed E-state index contributed by atoms with van der Waals surface area (Å²) in [6, 6.07) is 0. The van der Waals surface area contributed by atoms with Gasteiger partial charge in [-0.05, 0) is 0 Å². The molecule has 0 aromatic rings. The van der Waals surface area contributed by atoms with Gasteiger partial charge in [-0.25, -0.2) is 0 Å². The summed E-state index contributed by atoms with van der Waals surface area (Å²) in [7, 11) is 0. The van der Waals surface area contributed by atoms with Gasteiger partial charge in [0.15, 0.2) is 0 Å². The molecular weight excluding hydrogens is 593 g/mol. The Morgan fingerprint density at radius 3 is 0.222 bits per heavy atom. The van der Waals surface area contributed by atoms with Crippen LogP contribution in [-0.4, -0.2) is 0 Å². The summed E-state index contributed by atoms with van der Waals surface area (Å²) in [6.07, 6.45) is 0. The van der Waals surface area contributed by atoms with Crippen LogP contribution in [0.25, 0.3) is 0 Å². The van der Waals surface area contributed by atoms with Gasteiger partial charge >= 0.3 is 0 Å². The van der Waals surface area contributed by atoms with E-state index in [1.165, 1.54) is 0 Å². The number of hydrogen-bond acceptors (Lipinski definition) is 0. The molecule has 78 valence electrons. The monoisotopic (exact) mass is 585 g/mol. The third kappa shape index (κ3) is 61.1. The molecule has 0 fully saturated rings. The predicted molar refractivity (Wildman–Crippen MR) is 0 cm³/mol. The van der Waals surface area contributed by atoms with E-state index < -0.39 is 0 Å². The second kappa shape index (κ2) is 72.4. The SMILES string of the molecule is [Ni].[Ni].[Ni].[Ni].[Ni].[Ni].[Ni].[Zr].[Zr]. The van der Waals surface area contributed by atoms with E-state index in [4.69, 9.17) is 0 Å². The van der Waals surface area contributed by atoms with Gasteiger partial charge in [0, 0.05) is 168 Å². The molecule has 0 nitrogen and oxygen atoms in total. The summed E-state index contributed by atoms with van der Waals surface area (Å²) in [6.45, 7) is 0. The Bertz CT molecular complexity index is 6.88. The first-order chi connectivity index (χ1) is 0. The summed E-state index contributed by atoms with van der Waals surface area (Å²) < 4.78 is 0. The van der Waals surface area contributed by atoms with Crippen LogP contribution in [0.5, 0.6) is 0 Å². The Hall–Kier alpha value is 5.22. The van der Waals surface area contributed by atoms with Gasteiger partial charge in [0.2, 0.25) is 0 Å². The molecule has 0 rings (SSSR count). The van der Waals surface area contributed by atoms with Crippen molar-refractivity contribution in [1.29, 1.82) is 0 Å². The standard InChI is InChI=1S/7Ni.2Zr. The zero-order valence-electron chi connectivity index (χ0n) is 3.21.